The van der Waals surface area contributed by atoms with Gasteiger partial charge in [0.15, 0.2) is 0 Å². The molecule has 0 aliphatic carbocycles. The summed E-state index contributed by atoms with van der Waals surface area (Å²) in [5.41, 5.74) is 2.19. The molecule has 0 amide bonds. The second kappa shape index (κ2) is 6.34. The molecule has 0 bridgehead atoms. The largest absolute Gasteiger partial charge is 0.358 e. The number of benzene rings is 1. The third-order valence-electron chi connectivity index (χ3n) is 2.86. The van der Waals surface area contributed by atoms with Crippen molar-refractivity contribution in [1.29, 1.82) is 0 Å². The summed E-state index contributed by atoms with van der Waals surface area (Å²) < 4.78 is 1.50. The standard InChI is InChI=1S/C14H14ClN3O2/c1-11-2-4-12(5-3-11)6-7-13-16-10-14(18(19)20)17(13)9-8-15/h2-7,10H,8-9H2,1H3. The van der Waals surface area contributed by atoms with Crippen LogP contribution >= 0.6 is 11.6 Å². The zero-order valence-corrected chi connectivity index (χ0v) is 11.7. The van der Waals surface area contributed by atoms with Crippen molar-refractivity contribution in [2.75, 3.05) is 5.88 Å². The van der Waals surface area contributed by atoms with Gasteiger partial charge in [-0.2, -0.15) is 0 Å². The Balaban J connectivity index is 2.28. The lowest BCUT2D eigenvalue weighted by Crippen LogP contribution is -2.05. The molecule has 0 N–H and O–H groups in total. The molecular formula is C14H14ClN3O2. The van der Waals surface area contributed by atoms with E-state index in [0.29, 0.717) is 18.2 Å². The molecule has 104 valence electrons. The van der Waals surface area contributed by atoms with Crippen molar-refractivity contribution in [3.63, 3.8) is 0 Å². The lowest BCUT2D eigenvalue weighted by molar-refractivity contribution is -0.392. The van der Waals surface area contributed by atoms with Crippen molar-refractivity contribution in [2.24, 2.45) is 0 Å². The topological polar surface area (TPSA) is 61.0 Å². The molecule has 0 aliphatic rings. The van der Waals surface area contributed by atoms with E-state index in [1.54, 1.807) is 6.08 Å². The molecule has 0 saturated heterocycles. The Morgan fingerprint density at radius 3 is 2.65 bits per heavy atom. The Bertz CT molecular complexity index is 632. The van der Waals surface area contributed by atoms with Gasteiger partial charge in [0.1, 0.15) is 12.7 Å². The summed E-state index contributed by atoms with van der Waals surface area (Å²) in [7, 11) is 0. The summed E-state index contributed by atoms with van der Waals surface area (Å²) in [6.07, 6.45) is 4.88. The number of hydrogen-bond acceptors (Lipinski definition) is 3. The predicted octanol–water partition coefficient (Wildman–Crippen LogP) is 3.51. The van der Waals surface area contributed by atoms with Gasteiger partial charge in [-0.25, -0.2) is 9.55 Å². The molecule has 6 heteroatoms. The van der Waals surface area contributed by atoms with E-state index in [1.165, 1.54) is 16.3 Å². The Labute approximate surface area is 121 Å². The molecule has 5 nitrogen and oxygen atoms in total. The number of hydrogen-bond donors (Lipinski definition) is 0. The summed E-state index contributed by atoms with van der Waals surface area (Å²) >= 11 is 5.68. The van der Waals surface area contributed by atoms with Gasteiger partial charge in [-0.15, -0.1) is 11.6 Å². The number of nitro groups is 1. The maximum Gasteiger partial charge on any atom is 0.343 e. The van der Waals surface area contributed by atoms with Crippen molar-refractivity contribution in [1.82, 2.24) is 9.55 Å². The molecule has 0 spiro atoms. The molecule has 0 unspecified atom stereocenters. The second-order valence-electron chi connectivity index (χ2n) is 4.32. The highest BCUT2D eigenvalue weighted by Gasteiger charge is 2.17. The Kier molecular flexibility index (Phi) is 4.53. The zero-order chi connectivity index (χ0) is 14.5. The van der Waals surface area contributed by atoms with Crippen molar-refractivity contribution >= 4 is 29.6 Å². The lowest BCUT2D eigenvalue weighted by atomic mass is 10.1. The van der Waals surface area contributed by atoms with E-state index in [9.17, 15) is 10.1 Å². The fraction of sp³-hybridized carbons (Fsp3) is 0.214. The molecule has 20 heavy (non-hydrogen) atoms. The van der Waals surface area contributed by atoms with Crippen LogP contribution in [0.5, 0.6) is 0 Å². The van der Waals surface area contributed by atoms with Gasteiger partial charge in [0, 0.05) is 6.08 Å². The molecule has 0 aliphatic heterocycles. The van der Waals surface area contributed by atoms with Crippen molar-refractivity contribution in [3.05, 3.63) is 57.5 Å². The fourth-order valence-electron chi connectivity index (χ4n) is 1.82. The smallest absolute Gasteiger partial charge is 0.343 e. The minimum Gasteiger partial charge on any atom is -0.358 e. The molecule has 1 heterocycles. The first-order chi connectivity index (χ1) is 9.61. The van der Waals surface area contributed by atoms with Crippen LogP contribution in [0, 0.1) is 17.0 Å². The van der Waals surface area contributed by atoms with Crippen LogP contribution in [0.1, 0.15) is 17.0 Å². The first kappa shape index (κ1) is 14.3. The maximum absolute atomic E-state index is 10.9. The Morgan fingerprint density at radius 1 is 1.35 bits per heavy atom. The zero-order valence-electron chi connectivity index (χ0n) is 11.0. The number of halogens is 1. The van der Waals surface area contributed by atoms with Crippen LogP contribution in [0.15, 0.2) is 30.5 Å². The first-order valence-corrected chi connectivity index (χ1v) is 6.66. The van der Waals surface area contributed by atoms with Crippen molar-refractivity contribution in [3.8, 4) is 0 Å². The average Bonchev–Trinajstić information content (AvgIpc) is 2.82. The van der Waals surface area contributed by atoms with Crippen LogP contribution in [-0.2, 0) is 6.54 Å². The minimum absolute atomic E-state index is 0.0470. The van der Waals surface area contributed by atoms with Crippen LogP contribution in [0.25, 0.3) is 12.2 Å². The number of aryl methyl sites for hydroxylation is 1. The molecule has 2 rings (SSSR count). The van der Waals surface area contributed by atoms with Crippen molar-refractivity contribution < 1.29 is 4.92 Å². The van der Waals surface area contributed by atoms with Crippen molar-refractivity contribution in [2.45, 2.75) is 13.5 Å². The van der Waals surface area contributed by atoms with Gasteiger partial charge < -0.3 is 10.1 Å². The summed E-state index contributed by atoms with van der Waals surface area (Å²) in [5, 5.41) is 10.9. The minimum atomic E-state index is -0.456. The predicted molar refractivity (Wildman–Crippen MR) is 79.7 cm³/mol. The van der Waals surface area contributed by atoms with Gasteiger partial charge in [-0.1, -0.05) is 29.8 Å². The third-order valence-corrected chi connectivity index (χ3v) is 3.03. The Morgan fingerprint density at radius 2 is 2.05 bits per heavy atom. The number of alkyl halides is 1. The number of rotatable bonds is 5. The van der Waals surface area contributed by atoms with Crippen LogP contribution in [0.2, 0.25) is 0 Å². The number of imidazole rings is 1. The normalized spacial score (nSPS) is 11.1. The van der Waals surface area contributed by atoms with Gasteiger partial charge in [-0.3, -0.25) is 0 Å². The fourth-order valence-corrected chi connectivity index (χ4v) is 1.99. The Hall–Kier alpha value is -2.14. The monoisotopic (exact) mass is 291 g/mol. The summed E-state index contributed by atoms with van der Waals surface area (Å²) in [4.78, 5) is 14.5. The quantitative estimate of drug-likeness (QED) is 0.481. The van der Waals surface area contributed by atoms with Gasteiger partial charge in [0.2, 0.25) is 5.82 Å². The van der Waals surface area contributed by atoms with Crippen LogP contribution in [0.4, 0.5) is 5.82 Å². The van der Waals surface area contributed by atoms with E-state index < -0.39 is 4.92 Å². The third kappa shape index (κ3) is 3.24. The molecule has 0 saturated carbocycles. The molecule has 1 aromatic carbocycles. The highest BCUT2D eigenvalue weighted by atomic mass is 35.5. The van der Waals surface area contributed by atoms with Gasteiger partial charge in [-0.05, 0) is 23.5 Å². The van der Waals surface area contributed by atoms with E-state index in [2.05, 4.69) is 4.98 Å². The second-order valence-corrected chi connectivity index (χ2v) is 4.69. The molecular weight excluding hydrogens is 278 g/mol. The van der Waals surface area contributed by atoms with Crippen LogP contribution < -0.4 is 0 Å². The summed E-state index contributed by atoms with van der Waals surface area (Å²) in [6, 6.07) is 7.98. The van der Waals surface area contributed by atoms with Crippen LogP contribution in [0.3, 0.4) is 0 Å². The van der Waals surface area contributed by atoms with Crippen LogP contribution in [-0.4, -0.2) is 20.4 Å². The maximum atomic E-state index is 10.9. The molecule has 0 atom stereocenters. The van der Waals surface area contributed by atoms with E-state index in [1.807, 2.05) is 37.3 Å². The van der Waals surface area contributed by atoms with E-state index >= 15 is 0 Å². The van der Waals surface area contributed by atoms with Gasteiger partial charge in [0.25, 0.3) is 0 Å². The highest BCUT2D eigenvalue weighted by Crippen LogP contribution is 2.16. The molecule has 0 fully saturated rings. The van der Waals surface area contributed by atoms with E-state index in [0.717, 1.165) is 5.56 Å². The summed E-state index contributed by atoms with van der Waals surface area (Å²) in [5.74, 6) is 0.773. The molecule has 2 aromatic rings. The van der Waals surface area contributed by atoms with Gasteiger partial charge >= 0.3 is 5.82 Å². The molecule has 1 aromatic heterocycles. The highest BCUT2D eigenvalue weighted by molar-refractivity contribution is 6.17. The SMILES string of the molecule is Cc1ccc(C=Cc2ncc([N+](=O)[O-])n2CCCl)cc1. The van der Waals surface area contributed by atoms with Gasteiger partial charge in [0.05, 0.1) is 5.88 Å². The summed E-state index contributed by atoms with van der Waals surface area (Å²) in [6.45, 7) is 2.37. The number of nitrogens with zero attached hydrogens (tertiary/aromatic N) is 3. The first-order valence-electron chi connectivity index (χ1n) is 6.12. The average molecular weight is 292 g/mol. The van der Waals surface area contributed by atoms with E-state index in [4.69, 9.17) is 11.6 Å². The number of aromatic nitrogens is 2. The molecule has 0 radical (unpaired) electrons. The van der Waals surface area contributed by atoms with E-state index in [-0.39, 0.29) is 5.82 Å². The lowest BCUT2D eigenvalue weighted by Gasteiger charge is -2.00.